The topological polar surface area (TPSA) is 35.2 Å². The Labute approximate surface area is 98.8 Å². The quantitative estimate of drug-likeness (QED) is 0.713. The highest BCUT2D eigenvalue weighted by molar-refractivity contribution is 5.35. The molecule has 1 aromatic rings. The van der Waals surface area contributed by atoms with Crippen LogP contribution in [0.4, 0.5) is 0 Å². The van der Waals surface area contributed by atoms with Crippen LogP contribution in [0.2, 0.25) is 0 Å². The predicted octanol–water partition coefficient (Wildman–Crippen LogP) is 3.67. The number of nitrogens with two attached hydrogens (primary N) is 1. The molecule has 16 heavy (non-hydrogen) atoms. The van der Waals surface area contributed by atoms with Gasteiger partial charge in [-0.05, 0) is 19.4 Å². The van der Waals surface area contributed by atoms with E-state index < -0.39 is 0 Å². The zero-order chi connectivity index (χ0) is 11.8. The van der Waals surface area contributed by atoms with Crippen molar-refractivity contribution in [3.63, 3.8) is 0 Å². The second-order valence-electron chi connectivity index (χ2n) is 4.07. The van der Waals surface area contributed by atoms with Crippen molar-refractivity contribution in [3.8, 4) is 5.75 Å². The number of hydrogen-bond acceptors (Lipinski definition) is 2. The Hall–Kier alpha value is -1.02. The van der Waals surface area contributed by atoms with Gasteiger partial charge in [-0.1, -0.05) is 44.4 Å². The van der Waals surface area contributed by atoms with Crippen LogP contribution in [0.5, 0.6) is 5.75 Å². The number of benzene rings is 1. The van der Waals surface area contributed by atoms with E-state index in [0.29, 0.717) is 6.61 Å². The summed E-state index contributed by atoms with van der Waals surface area (Å²) in [6.07, 6.45) is 4.72. The fraction of sp³-hybridized carbons (Fsp3) is 0.571. The van der Waals surface area contributed by atoms with Crippen LogP contribution in [0.3, 0.4) is 0 Å². The standard InChI is InChI=1S/C14H23NO/c1-3-5-6-10-13(15)12-9-7-8-11-14(12)16-4-2/h7-9,11,13H,3-6,10,15H2,1-2H3/t13-/m0/s1. The van der Waals surface area contributed by atoms with Gasteiger partial charge in [-0.15, -0.1) is 0 Å². The molecule has 2 nitrogen and oxygen atoms in total. The smallest absolute Gasteiger partial charge is 0.124 e. The summed E-state index contributed by atoms with van der Waals surface area (Å²) in [5.74, 6) is 0.939. The number of ether oxygens (including phenoxy) is 1. The van der Waals surface area contributed by atoms with Crippen LogP contribution in [0.15, 0.2) is 24.3 Å². The predicted molar refractivity (Wildman–Crippen MR) is 68.7 cm³/mol. The van der Waals surface area contributed by atoms with Gasteiger partial charge >= 0.3 is 0 Å². The van der Waals surface area contributed by atoms with Gasteiger partial charge in [-0.3, -0.25) is 0 Å². The van der Waals surface area contributed by atoms with Crippen molar-refractivity contribution in [1.82, 2.24) is 0 Å². The van der Waals surface area contributed by atoms with Crippen molar-refractivity contribution >= 4 is 0 Å². The minimum Gasteiger partial charge on any atom is -0.494 e. The number of rotatable bonds is 7. The average molecular weight is 221 g/mol. The fourth-order valence-corrected chi connectivity index (χ4v) is 1.84. The van der Waals surface area contributed by atoms with E-state index in [0.717, 1.165) is 17.7 Å². The molecule has 0 unspecified atom stereocenters. The summed E-state index contributed by atoms with van der Waals surface area (Å²) in [5, 5.41) is 0. The highest BCUT2D eigenvalue weighted by atomic mass is 16.5. The summed E-state index contributed by atoms with van der Waals surface area (Å²) < 4.78 is 5.58. The Morgan fingerprint density at radius 1 is 1.19 bits per heavy atom. The molecule has 1 atom stereocenters. The van der Waals surface area contributed by atoms with Gasteiger partial charge in [0.2, 0.25) is 0 Å². The van der Waals surface area contributed by atoms with E-state index in [1.807, 2.05) is 25.1 Å². The maximum absolute atomic E-state index is 6.19. The summed E-state index contributed by atoms with van der Waals surface area (Å²) in [4.78, 5) is 0. The lowest BCUT2D eigenvalue weighted by Gasteiger charge is -2.16. The van der Waals surface area contributed by atoms with E-state index in [2.05, 4.69) is 13.0 Å². The largest absolute Gasteiger partial charge is 0.494 e. The molecule has 0 fully saturated rings. The van der Waals surface area contributed by atoms with Crippen LogP contribution < -0.4 is 10.5 Å². The Balaban J connectivity index is 2.62. The number of hydrogen-bond donors (Lipinski definition) is 1. The molecule has 0 aliphatic carbocycles. The third kappa shape index (κ3) is 3.86. The molecule has 1 aromatic carbocycles. The van der Waals surface area contributed by atoms with Crippen LogP contribution >= 0.6 is 0 Å². The maximum atomic E-state index is 6.19. The molecule has 1 rings (SSSR count). The molecule has 90 valence electrons. The minimum absolute atomic E-state index is 0.106. The number of para-hydroxylation sites is 1. The average Bonchev–Trinajstić information content (AvgIpc) is 2.30. The van der Waals surface area contributed by atoms with Crippen LogP contribution in [0.1, 0.15) is 51.1 Å². The van der Waals surface area contributed by atoms with Crippen LogP contribution in [-0.4, -0.2) is 6.61 Å². The van der Waals surface area contributed by atoms with Crippen molar-refractivity contribution < 1.29 is 4.74 Å². The van der Waals surface area contributed by atoms with Gasteiger partial charge in [0.1, 0.15) is 5.75 Å². The molecule has 2 heteroatoms. The van der Waals surface area contributed by atoms with Gasteiger partial charge in [-0.25, -0.2) is 0 Å². The van der Waals surface area contributed by atoms with Crippen LogP contribution in [0, 0.1) is 0 Å². The lowest BCUT2D eigenvalue weighted by atomic mass is 10.0. The third-order valence-electron chi connectivity index (χ3n) is 2.74. The first kappa shape index (κ1) is 13.0. The summed E-state index contributed by atoms with van der Waals surface area (Å²) in [7, 11) is 0. The number of unbranched alkanes of at least 4 members (excludes halogenated alkanes) is 2. The summed E-state index contributed by atoms with van der Waals surface area (Å²) in [6, 6.07) is 8.19. The zero-order valence-corrected chi connectivity index (χ0v) is 10.4. The highest BCUT2D eigenvalue weighted by Gasteiger charge is 2.10. The molecule has 0 bridgehead atoms. The van der Waals surface area contributed by atoms with E-state index in [-0.39, 0.29) is 6.04 Å². The molecule has 0 aromatic heterocycles. The monoisotopic (exact) mass is 221 g/mol. The van der Waals surface area contributed by atoms with E-state index in [9.17, 15) is 0 Å². The Morgan fingerprint density at radius 3 is 2.62 bits per heavy atom. The summed E-state index contributed by atoms with van der Waals surface area (Å²) >= 11 is 0. The minimum atomic E-state index is 0.106. The molecule has 0 radical (unpaired) electrons. The zero-order valence-electron chi connectivity index (χ0n) is 10.4. The van der Waals surface area contributed by atoms with E-state index >= 15 is 0 Å². The van der Waals surface area contributed by atoms with Crippen molar-refractivity contribution in [2.45, 2.75) is 45.6 Å². The lowest BCUT2D eigenvalue weighted by Crippen LogP contribution is -2.12. The first-order valence-electron chi connectivity index (χ1n) is 6.26. The fourth-order valence-electron chi connectivity index (χ4n) is 1.84. The summed E-state index contributed by atoms with van der Waals surface area (Å²) in [5.41, 5.74) is 7.33. The van der Waals surface area contributed by atoms with E-state index in [1.165, 1.54) is 19.3 Å². The molecule has 0 aliphatic rings. The highest BCUT2D eigenvalue weighted by Crippen LogP contribution is 2.26. The Bertz CT molecular complexity index is 299. The molecule has 0 amide bonds. The molecule has 0 heterocycles. The van der Waals surface area contributed by atoms with Crippen molar-refractivity contribution in [3.05, 3.63) is 29.8 Å². The van der Waals surface area contributed by atoms with Gasteiger partial charge in [-0.2, -0.15) is 0 Å². The van der Waals surface area contributed by atoms with E-state index in [1.54, 1.807) is 0 Å². The van der Waals surface area contributed by atoms with Crippen molar-refractivity contribution in [1.29, 1.82) is 0 Å². The van der Waals surface area contributed by atoms with Crippen LogP contribution in [0.25, 0.3) is 0 Å². The molecular formula is C14H23NO. The SMILES string of the molecule is CCCCC[C@H](N)c1ccccc1OCC. The second-order valence-corrected chi connectivity index (χ2v) is 4.07. The van der Waals surface area contributed by atoms with Crippen molar-refractivity contribution in [2.24, 2.45) is 5.73 Å². The molecule has 0 saturated heterocycles. The Morgan fingerprint density at radius 2 is 1.94 bits per heavy atom. The van der Waals surface area contributed by atoms with Crippen molar-refractivity contribution in [2.75, 3.05) is 6.61 Å². The lowest BCUT2D eigenvalue weighted by molar-refractivity contribution is 0.333. The first-order chi connectivity index (χ1) is 7.79. The second kappa shape index (κ2) is 7.29. The van der Waals surface area contributed by atoms with Gasteiger partial charge in [0.15, 0.2) is 0 Å². The molecular weight excluding hydrogens is 198 g/mol. The Kier molecular flexibility index (Phi) is 5.94. The molecule has 0 aliphatic heterocycles. The van der Waals surface area contributed by atoms with Crippen LogP contribution in [-0.2, 0) is 0 Å². The third-order valence-corrected chi connectivity index (χ3v) is 2.74. The molecule has 0 saturated carbocycles. The van der Waals surface area contributed by atoms with E-state index in [4.69, 9.17) is 10.5 Å². The molecule has 2 N–H and O–H groups in total. The maximum Gasteiger partial charge on any atom is 0.124 e. The normalized spacial score (nSPS) is 12.4. The van der Waals surface area contributed by atoms with Gasteiger partial charge < -0.3 is 10.5 Å². The molecule has 0 spiro atoms. The van der Waals surface area contributed by atoms with Gasteiger partial charge in [0.05, 0.1) is 6.61 Å². The first-order valence-corrected chi connectivity index (χ1v) is 6.26. The summed E-state index contributed by atoms with van der Waals surface area (Å²) in [6.45, 7) is 4.90. The van der Waals surface area contributed by atoms with Gasteiger partial charge in [0.25, 0.3) is 0 Å². The van der Waals surface area contributed by atoms with Gasteiger partial charge in [0, 0.05) is 11.6 Å².